The summed E-state index contributed by atoms with van der Waals surface area (Å²) in [5.74, 6) is 2.33. The van der Waals surface area contributed by atoms with E-state index in [0.717, 1.165) is 44.0 Å². The molecule has 1 aromatic rings. The summed E-state index contributed by atoms with van der Waals surface area (Å²) in [5.41, 5.74) is 6.93. The normalized spacial score (nSPS) is 14.9. The van der Waals surface area contributed by atoms with Crippen molar-refractivity contribution in [3.63, 3.8) is 0 Å². The number of likely N-dealkylation sites (N-methyl/N-ethyl adjacent to an activating group) is 1. The van der Waals surface area contributed by atoms with Crippen molar-refractivity contribution in [2.45, 2.75) is 19.8 Å². The van der Waals surface area contributed by atoms with Crippen LogP contribution in [0.1, 0.15) is 18.9 Å². The molecular weight excluding hydrogens is 240 g/mol. The maximum atomic E-state index is 5.63. The highest BCUT2D eigenvalue weighted by Gasteiger charge is 2.13. The Labute approximate surface area is 115 Å². The molecule has 1 heterocycles. The van der Waals surface area contributed by atoms with E-state index in [1.807, 2.05) is 6.07 Å². The first-order valence-electron chi connectivity index (χ1n) is 6.96. The first-order chi connectivity index (χ1) is 9.19. The minimum Gasteiger partial charge on any atom is -0.454 e. The molecule has 2 N–H and O–H groups in total. The van der Waals surface area contributed by atoms with Crippen molar-refractivity contribution in [2.75, 3.05) is 33.5 Å². The molecule has 0 aromatic heterocycles. The highest BCUT2D eigenvalue weighted by molar-refractivity contribution is 5.44. The number of nitrogens with zero attached hydrogens (tertiary/aromatic N) is 1. The predicted molar refractivity (Wildman–Crippen MR) is 76.6 cm³/mol. The summed E-state index contributed by atoms with van der Waals surface area (Å²) in [5, 5.41) is 0. The van der Waals surface area contributed by atoms with Crippen LogP contribution < -0.4 is 15.2 Å². The molecule has 0 radical (unpaired) electrons. The molecule has 1 atom stereocenters. The molecular formula is C15H24N2O2. The van der Waals surface area contributed by atoms with Gasteiger partial charge in [-0.05, 0) is 56.6 Å². The van der Waals surface area contributed by atoms with Gasteiger partial charge in [-0.3, -0.25) is 0 Å². The van der Waals surface area contributed by atoms with Crippen LogP contribution in [0.5, 0.6) is 11.5 Å². The molecule has 106 valence electrons. The molecule has 4 nitrogen and oxygen atoms in total. The third kappa shape index (κ3) is 4.11. The first-order valence-corrected chi connectivity index (χ1v) is 6.96. The molecule has 2 rings (SSSR count). The lowest BCUT2D eigenvalue weighted by Gasteiger charge is -2.18. The summed E-state index contributed by atoms with van der Waals surface area (Å²) >= 11 is 0. The van der Waals surface area contributed by atoms with Gasteiger partial charge in [0, 0.05) is 6.54 Å². The Morgan fingerprint density at radius 2 is 2.05 bits per heavy atom. The lowest BCUT2D eigenvalue weighted by Crippen LogP contribution is -2.25. The average Bonchev–Trinajstić information content (AvgIpc) is 2.89. The van der Waals surface area contributed by atoms with E-state index >= 15 is 0 Å². The van der Waals surface area contributed by atoms with E-state index < -0.39 is 0 Å². The summed E-state index contributed by atoms with van der Waals surface area (Å²) < 4.78 is 10.7. The number of hydrogen-bond donors (Lipinski definition) is 1. The maximum Gasteiger partial charge on any atom is 0.231 e. The number of ether oxygens (including phenoxy) is 2. The number of hydrogen-bond acceptors (Lipinski definition) is 4. The van der Waals surface area contributed by atoms with Gasteiger partial charge in [-0.15, -0.1) is 0 Å². The largest absolute Gasteiger partial charge is 0.454 e. The van der Waals surface area contributed by atoms with Crippen molar-refractivity contribution in [1.29, 1.82) is 0 Å². The average molecular weight is 264 g/mol. The second kappa shape index (κ2) is 6.78. The summed E-state index contributed by atoms with van der Waals surface area (Å²) in [6.07, 6.45) is 2.19. The predicted octanol–water partition coefficient (Wildman–Crippen LogP) is 1.87. The SMILES string of the molecule is CC(CN)CCN(C)CCc1ccc2c(c1)OCO2. The van der Waals surface area contributed by atoms with E-state index in [2.05, 4.69) is 31.0 Å². The van der Waals surface area contributed by atoms with Gasteiger partial charge in [-0.25, -0.2) is 0 Å². The van der Waals surface area contributed by atoms with Crippen LogP contribution in [-0.2, 0) is 6.42 Å². The molecule has 0 saturated heterocycles. The minimum absolute atomic E-state index is 0.343. The van der Waals surface area contributed by atoms with Gasteiger partial charge in [-0.2, -0.15) is 0 Å². The van der Waals surface area contributed by atoms with E-state index in [4.69, 9.17) is 15.2 Å². The lowest BCUT2D eigenvalue weighted by molar-refractivity contribution is 0.174. The Bertz CT molecular complexity index is 409. The number of benzene rings is 1. The molecule has 0 saturated carbocycles. The molecule has 0 amide bonds. The van der Waals surface area contributed by atoms with Crippen LogP contribution in [0, 0.1) is 5.92 Å². The Kier molecular flexibility index (Phi) is 5.05. The summed E-state index contributed by atoms with van der Waals surface area (Å²) in [7, 11) is 2.16. The van der Waals surface area contributed by atoms with Crippen LogP contribution in [-0.4, -0.2) is 38.4 Å². The topological polar surface area (TPSA) is 47.7 Å². The molecule has 1 aliphatic heterocycles. The first kappa shape index (κ1) is 14.2. The monoisotopic (exact) mass is 264 g/mol. The van der Waals surface area contributed by atoms with Crippen LogP contribution in [0.3, 0.4) is 0 Å². The van der Waals surface area contributed by atoms with Crippen LogP contribution in [0.15, 0.2) is 18.2 Å². The van der Waals surface area contributed by atoms with E-state index in [9.17, 15) is 0 Å². The highest BCUT2D eigenvalue weighted by Crippen LogP contribution is 2.32. The van der Waals surface area contributed by atoms with E-state index in [1.54, 1.807) is 0 Å². The smallest absolute Gasteiger partial charge is 0.231 e. The van der Waals surface area contributed by atoms with E-state index in [0.29, 0.717) is 12.7 Å². The fourth-order valence-electron chi connectivity index (χ4n) is 2.09. The molecule has 4 heteroatoms. The van der Waals surface area contributed by atoms with Gasteiger partial charge in [0.15, 0.2) is 11.5 Å². The van der Waals surface area contributed by atoms with E-state index in [-0.39, 0.29) is 0 Å². The zero-order valence-electron chi connectivity index (χ0n) is 11.9. The van der Waals surface area contributed by atoms with Gasteiger partial charge in [0.1, 0.15) is 0 Å². The van der Waals surface area contributed by atoms with Crippen molar-refractivity contribution in [1.82, 2.24) is 4.90 Å². The summed E-state index contributed by atoms with van der Waals surface area (Å²) in [6.45, 7) is 5.47. The number of nitrogens with two attached hydrogens (primary N) is 1. The van der Waals surface area contributed by atoms with Gasteiger partial charge in [0.2, 0.25) is 6.79 Å². The number of rotatable bonds is 7. The Hall–Kier alpha value is -1.26. The fraction of sp³-hybridized carbons (Fsp3) is 0.600. The van der Waals surface area contributed by atoms with Gasteiger partial charge in [-0.1, -0.05) is 13.0 Å². The second-order valence-corrected chi connectivity index (χ2v) is 5.37. The van der Waals surface area contributed by atoms with Gasteiger partial charge >= 0.3 is 0 Å². The second-order valence-electron chi connectivity index (χ2n) is 5.37. The standard InChI is InChI=1S/C15H24N2O2/c1-12(10-16)5-7-17(2)8-6-13-3-4-14-15(9-13)19-11-18-14/h3-4,9,12H,5-8,10-11,16H2,1-2H3. The van der Waals surface area contributed by atoms with Crippen molar-refractivity contribution in [3.8, 4) is 11.5 Å². The van der Waals surface area contributed by atoms with Gasteiger partial charge in [0.25, 0.3) is 0 Å². The Morgan fingerprint density at radius 3 is 2.84 bits per heavy atom. The zero-order chi connectivity index (χ0) is 13.7. The van der Waals surface area contributed by atoms with Crippen molar-refractivity contribution in [3.05, 3.63) is 23.8 Å². The molecule has 1 aliphatic rings. The van der Waals surface area contributed by atoms with Crippen LogP contribution in [0.2, 0.25) is 0 Å². The number of fused-ring (bicyclic) bond motifs is 1. The zero-order valence-corrected chi connectivity index (χ0v) is 11.9. The fourth-order valence-corrected chi connectivity index (χ4v) is 2.09. The minimum atomic E-state index is 0.343. The molecule has 0 fully saturated rings. The Morgan fingerprint density at radius 1 is 1.26 bits per heavy atom. The van der Waals surface area contributed by atoms with Gasteiger partial charge in [0.05, 0.1) is 0 Å². The summed E-state index contributed by atoms with van der Waals surface area (Å²) in [4.78, 5) is 2.36. The molecule has 1 aromatic carbocycles. The van der Waals surface area contributed by atoms with Crippen LogP contribution in [0.25, 0.3) is 0 Å². The quantitative estimate of drug-likeness (QED) is 0.817. The third-order valence-corrected chi connectivity index (χ3v) is 3.63. The maximum absolute atomic E-state index is 5.63. The van der Waals surface area contributed by atoms with Crippen molar-refractivity contribution < 1.29 is 9.47 Å². The Balaban J connectivity index is 1.75. The van der Waals surface area contributed by atoms with E-state index in [1.165, 1.54) is 5.56 Å². The molecule has 0 bridgehead atoms. The molecule has 0 aliphatic carbocycles. The van der Waals surface area contributed by atoms with Crippen molar-refractivity contribution in [2.24, 2.45) is 11.7 Å². The van der Waals surface area contributed by atoms with Crippen LogP contribution in [0.4, 0.5) is 0 Å². The van der Waals surface area contributed by atoms with Crippen LogP contribution >= 0.6 is 0 Å². The van der Waals surface area contributed by atoms with Crippen molar-refractivity contribution >= 4 is 0 Å². The molecule has 1 unspecified atom stereocenters. The molecule has 19 heavy (non-hydrogen) atoms. The molecule has 0 spiro atoms. The third-order valence-electron chi connectivity index (χ3n) is 3.63. The summed E-state index contributed by atoms with van der Waals surface area (Å²) in [6, 6.07) is 6.19. The van der Waals surface area contributed by atoms with Gasteiger partial charge < -0.3 is 20.1 Å². The lowest BCUT2D eigenvalue weighted by atomic mass is 10.1. The highest BCUT2D eigenvalue weighted by atomic mass is 16.7.